The molecule has 0 atom stereocenters. The van der Waals surface area contributed by atoms with Crippen LogP contribution in [0.1, 0.15) is 12.5 Å². The van der Waals surface area contributed by atoms with E-state index in [1.807, 2.05) is 0 Å². The number of carbonyl (C=O) groups excluding carboxylic acids is 1. The Morgan fingerprint density at radius 2 is 2.00 bits per heavy atom. The van der Waals surface area contributed by atoms with Crippen molar-refractivity contribution in [2.24, 2.45) is 0 Å². The molecule has 1 rings (SSSR count). The van der Waals surface area contributed by atoms with Gasteiger partial charge in [-0.05, 0) is 18.6 Å². The van der Waals surface area contributed by atoms with Crippen LogP contribution < -0.4 is 5.32 Å². The average molecular weight is 185 g/mol. The van der Waals surface area contributed by atoms with Crippen molar-refractivity contribution in [1.29, 1.82) is 0 Å². The molecule has 0 saturated heterocycles. The molecule has 0 aliphatic carbocycles. The van der Waals surface area contributed by atoms with E-state index in [0.29, 0.717) is 5.56 Å². The van der Waals surface area contributed by atoms with Gasteiger partial charge in [0.2, 0.25) is 5.91 Å². The van der Waals surface area contributed by atoms with Gasteiger partial charge in [0.05, 0.1) is 5.69 Å². The minimum atomic E-state index is -1.02. The number of hydrogen-bond acceptors (Lipinski definition) is 1. The van der Waals surface area contributed by atoms with E-state index in [9.17, 15) is 13.6 Å². The molecule has 0 bridgehead atoms. The van der Waals surface area contributed by atoms with Gasteiger partial charge in [-0.3, -0.25) is 4.79 Å². The molecular weight excluding hydrogens is 176 g/mol. The van der Waals surface area contributed by atoms with E-state index in [-0.39, 0.29) is 5.69 Å². The first-order valence-electron chi connectivity index (χ1n) is 3.74. The standard InChI is InChI=1S/C9H9F2NO/c1-5-3-4-7(10)8(11)9(5)12-6(2)13/h3-4H,1-2H3,(H,12,13). The predicted molar refractivity (Wildman–Crippen MR) is 45.4 cm³/mol. The quantitative estimate of drug-likeness (QED) is 0.714. The zero-order chi connectivity index (χ0) is 10.0. The van der Waals surface area contributed by atoms with Crippen molar-refractivity contribution < 1.29 is 13.6 Å². The van der Waals surface area contributed by atoms with Gasteiger partial charge < -0.3 is 5.32 Å². The molecule has 0 unspecified atom stereocenters. The van der Waals surface area contributed by atoms with Crippen LogP contribution >= 0.6 is 0 Å². The number of aryl methyl sites for hydroxylation is 1. The molecule has 0 fully saturated rings. The lowest BCUT2D eigenvalue weighted by Gasteiger charge is -2.07. The highest BCUT2D eigenvalue weighted by atomic mass is 19.2. The highest BCUT2D eigenvalue weighted by molar-refractivity contribution is 5.89. The van der Waals surface area contributed by atoms with Crippen molar-refractivity contribution in [1.82, 2.24) is 0 Å². The zero-order valence-electron chi connectivity index (χ0n) is 7.32. The van der Waals surface area contributed by atoms with Gasteiger partial charge in [-0.15, -0.1) is 0 Å². The molecule has 13 heavy (non-hydrogen) atoms. The molecule has 0 saturated carbocycles. The van der Waals surface area contributed by atoms with E-state index in [0.717, 1.165) is 6.07 Å². The Labute approximate surface area is 74.6 Å². The number of benzene rings is 1. The monoisotopic (exact) mass is 185 g/mol. The number of anilines is 1. The summed E-state index contributed by atoms with van der Waals surface area (Å²) in [5.41, 5.74) is 0.404. The lowest BCUT2D eigenvalue weighted by molar-refractivity contribution is -0.114. The molecular formula is C9H9F2NO. The van der Waals surface area contributed by atoms with Crippen LogP contribution in [0.4, 0.5) is 14.5 Å². The highest BCUT2D eigenvalue weighted by Crippen LogP contribution is 2.21. The Balaban J connectivity index is 3.17. The largest absolute Gasteiger partial charge is 0.324 e. The van der Waals surface area contributed by atoms with Gasteiger partial charge in [0.15, 0.2) is 11.6 Å². The minimum absolute atomic E-state index is 0.0903. The molecule has 0 spiro atoms. The van der Waals surface area contributed by atoms with Gasteiger partial charge in [0, 0.05) is 6.92 Å². The molecule has 2 nitrogen and oxygen atoms in total. The van der Waals surface area contributed by atoms with Crippen LogP contribution in [0.5, 0.6) is 0 Å². The number of rotatable bonds is 1. The molecule has 0 heterocycles. The fourth-order valence-corrected chi connectivity index (χ4v) is 0.977. The Kier molecular flexibility index (Phi) is 2.60. The van der Waals surface area contributed by atoms with Crippen LogP contribution in [-0.4, -0.2) is 5.91 Å². The number of halogens is 2. The topological polar surface area (TPSA) is 29.1 Å². The molecule has 70 valence electrons. The SMILES string of the molecule is CC(=O)Nc1c(C)ccc(F)c1F. The molecule has 1 amide bonds. The zero-order valence-corrected chi connectivity index (χ0v) is 7.32. The molecule has 0 aromatic heterocycles. The van der Waals surface area contributed by atoms with Gasteiger partial charge in [0.1, 0.15) is 0 Å². The second-order valence-electron chi connectivity index (χ2n) is 2.73. The Hall–Kier alpha value is -1.45. The Bertz CT molecular complexity index is 350. The summed E-state index contributed by atoms with van der Waals surface area (Å²) in [7, 11) is 0. The fraction of sp³-hybridized carbons (Fsp3) is 0.222. The Morgan fingerprint density at radius 1 is 1.38 bits per heavy atom. The van der Waals surface area contributed by atoms with Crippen molar-refractivity contribution in [3.8, 4) is 0 Å². The summed E-state index contributed by atoms with van der Waals surface area (Å²) >= 11 is 0. The van der Waals surface area contributed by atoms with Gasteiger partial charge >= 0.3 is 0 Å². The second-order valence-corrected chi connectivity index (χ2v) is 2.73. The van der Waals surface area contributed by atoms with Crippen LogP contribution in [0.25, 0.3) is 0 Å². The van der Waals surface area contributed by atoms with Crippen molar-refractivity contribution in [2.45, 2.75) is 13.8 Å². The molecule has 1 N–H and O–H groups in total. The first-order valence-corrected chi connectivity index (χ1v) is 3.74. The maximum atomic E-state index is 13.0. The highest BCUT2D eigenvalue weighted by Gasteiger charge is 2.11. The summed E-state index contributed by atoms with van der Waals surface area (Å²) in [6, 6.07) is 2.43. The first-order chi connectivity index (χ1) is 6.02. The predicted octanol–water partition coefficient (Wildman–Crippen LogP) is 2.23. The van der Waals surface area contributed by atoms with Crippen LogP contribution in [0.15, 0.2) is 12.1 Å². The molecule has 1 aromatic rings. The summed E-state index contributed by atoms with van der Waals surface area (Å²) in [4.78, 5) is 10.6. The normalized spacial score (nSPS) is 9.85. The van der Waals surface area contributed by atoms with E-state index in [1.165, 1.54) is 13.0 Å². The summed E-state index contributed by atoms with van der Waals surface area (Å²) in [5, 5.41) is 2.23. The lowest BCUT2D eigenvalue weighted by atomic mass is 10.2. The second kappa shape index (κ2) is 3.51. The molecule has 1 aromatic carbocycles. The van der Waals surface area contributed by atoms with Crippen molar-refractivity contribution in [2.75, 3.05) is 5.32 Å². The van der Waals surface area contributed by atoms with E-state index in [1.54, 1.807) is 6.92 Å². The third-order valence-electron chi connectivity index (χ3n) is 1.60. The van der Waals surface area contributed by atoms with Crippen molar-refractivity contribution >= 4 is 11.6 Å². The smallest absolute Gasteiger partial charge is 0.221 e. The first kappa shape index (κ1) is 9.64. The van der Waals surface area contributed by atoms with Gasteiger partial charge in [-0.25, -0.2) is 8.78 Å². The fourth-order valence-electron chi connectivity index (χ4n) is 0.977. The van der Waals surface area contributed by atoms with E-state index in [4.69, 9.17) is 0 Å². The van der Waals surface area contributed by atoms with Crippen LogP contribution in [0.2, 0.25) is 0 Å². The minimum Gasteiger partial charge on any atom is -0.324 e. The number of carbonyl (C=O) groups is 1. The molecule has 0 aliphatic heterocycles. The van der Waals surface area contributed by atoms with Gasteiger partial charge in [0.25, 0.3) is 0 Å². The van der Waals surface area contributed by atoms with E-state index in [2.05, 4.69) is 5.32 Å². The van der Waals surface area contributed by atoms with E-state index < -0.39 is 17.5 Å². The van der Waals surface area contributed by atoms with E-state index >= 15 is 0 Å². The summed E-state index contributed by atoms with van der Waals surface area (Å²) in [6.07, 6.45) is 0. The molecule has 0 aliphatic rings. The Morgan fingerprint density at radius 3 is 2.54 bits per heavy atom. The van der Waals surface area contributed by atoms with Crippen molar-refractivity contribution in [3.63, 3.8) is 0 Å². The molecule has 0 radical (unpaired) electrons. The van der Waals surface area contributed by atoms with Crippen molar-refractivity contribution in [3.05, 3.63) is 29.3 Å². The third-order valence-corrected chi connectivity index (χ3v) is 1.60. The number of amides is 1. The summed E-state index contributed by atoms with van der Waals surface area (Å²) < 4.78 is 25.7. The maximum absolute atomic E-state index is 13.0. The summed E-state index contributed by atoms with van der Waals surface area (Å²) in [5.74, 6) is -2.41. The lowest BCUT2D eigenvalue weighted by Crippen LogP contribution is -2.09. The van der Waals surface area contributed by atoms with Gasteiger partial charge in [-0.2, -0.15) is 0 Å². The van der Waals surface area contributed by atoms with Crippen LogP contribution in [0.3, 0.4) is 0 Å². The average Bonchev–Trinajstić information content (AvgIpc) is 2.05. The number of hydrogen-bond donors (Lipinski definition) is 1. The maximum Gasteiger partial charge on any atom is 0.221 e. The van der Waals surface area contributed by atoms with Crippen LogP contribution in [0, 0.1) is 18.6 Å². The van der Waals surface area contributed by atoms with Gasteiger partial charge in [-0.1, -0.05) is 6.07 Å². The third kappa shape index (κ3) is 2.02. The van der Waals surface area contributed by atoms with Crippen LogP contribution in [-0.2, 0) is 4.79 Å². The summed E-state index contributed by atoms with van der Waals surface area (Å²) in [6.45, 7) is 2.83. The number of nitrogens with one attached hydrogen (secondary N) is 1. The molecule has 4 heteroatoms.